The molecule has 144 valence electrons. The molecule has 1 aliphatic heterocycles. The summed E-state index contributed by atoms with van der Waals surface area (Å²) in [6.45, 7) is 3.81. The van der Waals surface area contributed by atoms with Gasteiger partial charge in [0.05, 0.1) is 18.1 Å². The molecule has 1 N–H and O–H groups in total. The van der Waals surface area contributed by atoms with Gasteiger partial charge in [-0.2, -0.15) is 0 Å². The molecule has 0 atom stereocenters. The third-order valence-corrected chi connectivity index (χ3v) is 7.84. The van der Waals surface area contributed by atoms with Crippen molar-refractivity contribution in [2.24, 2.45) is 0 Å². The first-order valence-electron chi connectivity index (χ1n) is 10.0. The standard InChI is InChI=1S/C20H30N2O3S/c23-26(24,19-8-7-17-5-4-6-18(17)15-19)21-16-20(9-2-1-3-10-20)22-11-13-25-14-12-22/h7-8,15,21H,1-6,9-14,16H2. The average Bonchev–Trinajstić information content (AvgIpc) is 3.16. The van der Waals surface area contributed by atoms with Gasteiger partial charge in [0, 0.05) is 25.2 Å². The highest BCUT2D eigenvalue weighted by Crippen LogP contribution is 2.34. The van der Waals surface area contributed by atoms with Crippen molar-refractivity contribution in [3.05, 3.63) is 29.3 Å². The van der Waals surface area contributed by atoms with Crippen molar-refractivity contribution in [2.75, 3.05) is 32.8 Å². The third kappa shape index (κ3) is 3.70. The SMILES string of the molecule is O=S(=O)(NCC1(N2CCOCC2)CCCCC1)c1ccc2c(c1)CCC2. The first kappa shape index (κ1) is 18.4. The minimum Gasteiger partial charge on any atom is -0.379 e. The smallest absolute Gasteiger partial charge is 0.240 e. The number of sulfonamides is 1. The predicted octanol–water partition coefficient (Wildman–Crippen LogP) is 2.49. The van der Waals surface area contributed by atoms with Crippen LogP contribution in [-0.2, 0) is 27.6 Å². The molecule has 26 heavy (non-hydrogen) atoms. The molecule has 0 aromatic heterocycles. The van der Waals surface area contributed by atoms with Crippen LogP contribution in [0.25, 0.3) is 0 Å². The lowest BCUT2D eigenvalue weighted by molar-refractivity contribution is -0.0348. The van der Waals surface area contributed by atoms with Gasteiger partial charge in [0.15, 0.2) is 0 Å². The number of hydrogen-bond donors (Lipinski definition) is 1. The summed E-state index contributed by atoms with van der Waals surface area (Å²) in [5, 5.41) is 0. The molecule has 1 heterocycles. The molecule has 1 saturated carbocycles. The van der Waals surface area contributed by atoms with Crippen LogP contribution in [0.15, 0.2) is 23.1 Å². The Morgan fingerprint density at radius 1 is 1.00 bits per heavy atom. The van der Waals surface area contributed by atoms with Crippen LogP contribution in [0.1, 0.15) is 49.7 Å². The molecule has 0 bridgehead atoms. The third-order valence-electron chi connectivity index (χ3n) is 6.44. The summed E-state index contributed by atoms with van der Waals surface area (Å²) in [5.41, 5.74) is 2.46. The lowest BCUT2D eigenvalue weighted by Gasteiger charge is -2.48. The minimum absolute atomic E-state index is 0.0498. The Labute approximate surface area is 157 Å². The van der Waals surface area contributed by atoms with Gasteiger partial charge in [0.1, 0.15) is 0 Å². The van der Waals surface area contributed by atoms with Crippen molar-refractivity contribution in [1.29, 1.82) is 0 Å². The largest absolute Gasteiger partial charge is 0.379 e. The quantitative estimate of drug-likeness (QED) is 0.855. The summed E-state index contributed by atoms with van der Waals surface area (Å²) < 4.78 is 34.4. The van der Waals surface area contributed by atoms with E-state index in [2.05, 4.69) is 9.62 Å². The number of aryl methyl sites for hydroxylation is 2. The van der Waals surface area contributed by atoms with E-state index in [1.54, 1.807) is 6.07 Å². The Bertz CT molecular complexity index is 735. The summed E-state index contributed by atoms with van der Waals surface area (Å²) in [6.07, 6.45) is 8.95. The predicted molar refractivity (Wildman–Crippen MR) is 102 cm³/mol. The first-order chi connectivity index (χ1) is 12.6. The Kier molecular flexibility index (Phi) is 5.37. The topological polar surface area (TPSA) is 58.6 Å². The van der Waals surface area contributed by atoms with Gasteiger partial charge in [-0.05, 0) is 55.4 Å². The van der Waals surface area contributed by atoms with E-state index in [1.807, 2.05) is 12.1 Å². The van der Waals surface area contributed by atoms with Gasteiger partial charge in [-0.1, -0.05) is 25.3 Å². The lowest BCUT2D eigenvalue weighted by atomic mass is 9.80. The van der Waals surface area contributed by atoms with Crippen LogP contribution in [0.4, 0.5) is 0 Å². The number of fused-ring (bicyclic) bond motifs is 1. The van der Waals surface area contributed by atoms with E-state index in [0.29, 0.717) is 11.4 Å². The highest BCUT2D eigenvalue weighted by molar-refractivity contribution is 7.89. The van der Waals surface area contributed by atoms with E-state index >= 15 is 0 Å². The number of ether oxygens (including phenoxy) is 1. The molecule has 2 aliphatic carbocycles. The number of morpholine rings is 1. The molecule has 1 saturated heterocycles. The maximum Gasteiger partial charge on any atom is 0.240 e. The second-order valence-corrected chi connectivity index (χ2v) is 9.76. The highest BCUT2D eigenvalue weighted by Gasteiger charge is 2.39. The summed E-state index contributed by atoms with van der Waals surface area (Å²) in [7, 11) is -3.47. The van der Waals surface area contributed by atoms with Crippen LogP contribution in [0.3, 0.4) is 0 Å². The second kappa shape index (κ2) is 7.58. The van der Waals surface area contributed by atoms with Crippen LogP contribution in [0.2, 0.25) is 0 Å². The minimum atomic E-state index is -3.47. The summed E-state index contributed by atoms with van der Waals surface area (Å²) in [4.78, 5) is 2.90. The van der Waals surface area contributed by atoms with Crippen molar-refractivity contribution in [2.45, 2.75) is 61.8 Å². The zero-order valence-corrected chi connectivity index (χ0v) is 16.3. The number of hydrogen-bond acceptors (Lipinski definition) is 4. The van der Waals surface area contributed by atoms with Gasteiger partial charge < -0.3 is 4.74 Å². The van der Waals surface area contributed by atoms with Gasteiger partial charge in [-0.3, -0.25) is 4.90 Å². The molecule has 5 nitrogen and oxygen atoms in total. The molecule has 1 aromatic rings. The zero-order valence-electron chi connectivity index (χ0n) is 15.5. The van der Waals surface area contributed by atoms with Crippen LogP contribution < -0.4 is 4.72 Å². The molecule has 3 aliphatic rings. The van der Waals surface area contributed by atoms with Crippen LogP contribution in [0.5, 0.6) is 0 Å². The number of benzene rings is 1. The Morgan fingerprint density at radius 2 is 1.73 bits per heavy atom. The van der Waals surface area contributed by atoms with Gasteiger partial charge in [0.25, 0.3) is 0 Å². The summed E-state index contributed by atoms with van der Waals surface area (Å²) in [6, 6.07) is 5.65. The molecule has 2 fully saturated rings. The Morgan fingerprint density at radius 3 is 2.50 bits per heavy atom. The Hall–Kier alpha value is -0.950. The summed E-state index contributed by atoms with van der Waals surface area (Å²) in [5.74, 6) is 0. The fraction of sp³-hybridized carbons (Fsp3) is 0.700. The molecule has 4 rings (SSSR count). The van der Waals surface area contributed by atoms with Crippen molar-refractivity contribution in [3.63, 3.8) is 0 Å². The maximum absolute atomic E-state index is 12.9. The molecular weight excluding hydrogens is 348 g/mol. The van der Waals surface area contributed by atoms with E-state index in [4.69, 9.17) is 4.74 Å². The fourth-order valence-corrected chi connectivity index (χ4v) is 6.05. The number of nitrogens with zero attached hydrogens (tertiary/aromatic N) is 1. The van der Waals surface area contributed by atoms with Crippen molar-refractivity contribution < 1.29 is 13.2 Å². The van der Waals surface area contributed by atoms with Crippen molar-refractivity contribution in [1.82, 2.24) is 9.62 Å². The molecule has 6 heteroatoms. The molecule has 0 spiro atoms. The first-order valence-corrected chi connectivity index (χ1v) is 11.5. The van der Waals surface area contributed by atoms with E-state index in [9.17, 15) is 8.42 Å². The lowest BCUT2D eigenvalue weighted by Crippen LogP contribution is -2.59. The van der Waals surface area contributed by atoms with Crippen LogP contribution in [0, 0.1) is 0 Å². The monoisotopic (exact) mass is 378 g/mol. The van der Waals surface area contributed by atoms with Gasteiger partial charge in [0.2, 0.25) is 10.0 Å². The normalized spacial score (nSPS) is 23.7. The molecule has 0 amide bonds. The summed E-state index contributed by atoms with van der Waals surface area (Å²) >= 11 is 0. The van der Waals surface area contributed by atoms with Gasteiger partial charge in [-0.25, -0.2) is 13.1 Å². The second-order valence-electron chi connectivity index (χ2n) is 7.99. The molecule has 1 aromatic carbocycles. The zero-order chi connectivity index (χ0) is 18.0. The van der Waals surface area contributed by atoms with Crippen molar-refractivity contribution >= 4 is 10.0 Å². The maximum atomic E-state index is 12.9. The van der Waals surface area contributed by atoms with Gasteiger partial charge in [-0.15, -0.1) is 0 Å². The van der Waals surface area contributed by atoms with Crippen molar-refractivity contribution in [3.8, 4) is 0 Å². The number of rotatable bonds is 5. The fourth-order valence-electron chi connectivity index (χ4n) is 4.88. The number of nitrogens with one attached hydrogen (secondary N) is 1. The Balaban J connectivity index is 1.51. The van der Waals surface area contributed by atoms with E-state index in [0.717, 1.165) is 58.4 Å². The molecular formula is C20H30N2O3S. The average molecular weight is 379 g/mol. The molecule has 0 unspecified atom stereocenters. The van der Waals surface area contributed by atoms with E-state index in [1.165, 1.54) is 30.4 Å². The molecule has 0 radical (unpaired) electrons. The van der Waals surface area contributed by atoms with Crippen LogP contribution in [-0.4, -0.2) is 51.7 Å². The van der Waals surface area contributed by atoms with E-state index in [-0.39, 0.29) is 5.54 Å². The van der Waals surface area contributed by atoms with E-state index < -0.39 is 10.0 Å². The van der Waals surface area contributed by atoms with Gasteiger partial charge >= 0.3 is 0 Å². The van der Waals surface area contributed by atoms with Crippen LogP contribution >= 0.6 is 0 Å². The highest BCUT2D eigenvalue weighted by atomic mass is 32.2.